The molecule has 0 aliphatic heterocycles. The van der Waals surface area contributed by atoms with Gasteiger partial charge in [-0.1, -0.05) is 12.8 Å². The van der Waals surface area contributed by atoms with Crippen molar-refractivity contribution < 1.29 is 4.74 Å². The van der Waals surface area contributed by atoms with E-state index in [-0.39, 0.29) is 0 Å². The minimum atomic E-state index is 0.817. The second-order valence-corrected chi connectivity index (χ2v) is 6.11. The van der Waals surface area contributed by atoms with Crippen molar-refractivity contribution >= 4 is 0 Å². The normalized spacial score (nSPS) is 21.0. The Labute approximate surface area is 112 Å². The first-order chi connectivity index (χ1) is 8.84. The maximum atomic E-state index is 5.66. The molecule has 2 rings (SSSR count). The average Bonchev–Trinajstić information content (AvgIpc) is 3.05. The number of ether oxygens (including phenoxy) is 1. The van der Waals surface area contributed by atoms with Gasteiger partial charge in [0.2, 0.25) is 0 Å². The second-order valence-electron chi connectivity index (χ2n) is 6.11. The van der Waals surface area contributed by atoms with Gasteiger partial charge < -0.3 is 15.0 Å². The molecule has 0 unspecified atom stereocenters. The number of nitrogens with one attached hydrogen (secondary N) is 1. The molecule has 18 heavy (non-hydrogen) atoms. The lowest BCUT2D eigenvalue weighted by Crippen LogP contribution is -2.31. The molecular weight excluding hydrogens is 224 g/mol. The van der Waals surface area contributed by atoms with Gasteiger partial charge in [-0.25, -0.2) is 0 Å². The molecule has 1 N–H and O–H groups in total. The molecule has 106 valence electrons. The summed E-state index contributed by atoms with van der Waals surface area (Å²) < 4.78 is 5.66. The van der Waals surface area contributed by atoms with Crippen LogP contribution in [-0.4, -0.2) is 50.8 Å². The smallest absolute Gasteiger partial charge is 0.0593 e. The molecule has 0 aromatic heterocycles. The van der Waals surface area contributed by atoms with Crippen LogP contribution in [0.2, 0.25) is 0 Å². The number of hydrogen-bond donors (Lipinski definition) is 1. The van der Waals surface area contributed by atoms with Gasteiger partial charge in [-0.2, -0.15) is 0 Å². The van der Waals surface area contributed by atoms with Crippen LogP contribution < -0.4 is 5.32 Å². The first-order valence-corrected chi connectivity index (χ1v) is 7.84. The van der Waals surface area contributed by atoms with E-state index in [0.29, 0.717) is 0 Å². The highest BCUT2D eigenvalue weighted by Crippen LogP contribution is 2.28. The molecule has 2 fully saturated rings. The Morgan fingerprint density at radius 3 is 2.61 bits per heavy atom. The Bertz CT molecular complexity index is 213. The lowest BCUT2D eigenvalue weighted by Gasteiger charge is -2.18. The molecular formula is C15H30N2O. The van der Waals surface area contributed by atoms with E-state index in [1.807, 2.05) is 0 Å². The molecule has 0 aromatic rings. The zero-order valence-corrected chi connectivity index (χ0v) is 12.0. The van der Waals surface area contributed by atoms with E-state index >= 15 is 0 Å². The van der Waals surface area contributed by atoms with Crippen molar-refractivity contribution in [3.8, 4) is 0 Å². The number of nitrogens with zero attached hydrogens (tertiary/aromatic N) is 1. The van der Waals surface area contributed by atoms with Crippen LogP contribution in [-0.2, 0) is 4.74 Å². The molecule has 0 aromatic carbocycles. The summed E-state index contributed by atoms with van der Waals surface area (Å²) in [5.74, 6) is 0.894. The number of likely N-dealkylation sites (N-methyl/N-ethyl adjacent to an activating group) is 1. The zero-order valence-electron chi connectivity index (χ0n) is 12.0. The van der Waals surface area contributed by atoms with Gasteiger partial charge >= 0.3 is 0 Å². The lowest BCUT2D eigenvalue weighted by molar-refractivity contribution is 0.103. The molecule has 2 aliphatic rings. The van der Waals surface area contributed by atoms with Crippen molar-refractivity contribution in [2.45, 2.75) is 51.0 Å². The maximum absolute atomic E-state index is 5.66. The van der Waals surface area contributed by atoms with Crippen molar-refractivity contribution in [2.75, 3.05) is 39.9 Å². The summed E-state index contributed by atoms with van der Waals surface area (Å²) in [5.41, 5.74) is 0. The molecule has 2 saturated carbocycles. The SMILES string of the molecule is CN(CCCNC1CCCC1)CCOCC1CC1. The zero-order chi connectivity index (χ0) is 12.6. The lowest BCUT2D eigenvalue weighted by atomic mass is 10.2. The predicted molar refractivity (Wildman–Crippen MR) is 75.9 cm³/mol. The van der Waals surface area contributed by atoms with Crippen LogP contribution in [0.1, 0.15) is 44.9 Å². The van der Waals surface area contributed by atoms with Gasteiger partial charge in [0, 0.05) is 19.2 Å². The molecule has 0 spiro atoms. The fraction of sp³-hybridized carbons (Fsp3) is 1.00. The Morgan fingerprint density at radius 1 is 1.11 bits per heavy atom. The van der Waals surface area contributed by atoms with E-state index < -0.39 is 0 Å². The topological polar surface area (TPSA) is 24.5 Å². The average molecular weight is 254 g/mol. The fourth-order valence-corrected chi connectivity index (χ4v) is 2.65. The van der Waals surface area contributed by atoms with E-state index in [2.05, 4.69) is 17.3 Å². The van der Waals surface area contributed by atoms with Crippen LogP contribution in [0.25, 0.3) is 0 Å². The predicted octanol–water partition coefficient (Wildman–Crippen LogP) is 2.27. The quantitative estimate of drug-likeness (QED) is 0.605. The summed E-state index contributed by atoms with van der Waals surface area (Å²) >= 11 is 0. The summed E-state index contributed by atoms with van der Waals surface area (Å²) in [6, 6.07) is 0.817. The maximum Gasteiger partial charge on any atom is 0.0593 e. The van der Waals surface area contributed by atoms with Crippen LogP contribution >= 0.6 is 0 Å². The fourth-order valence-electron chi connectivity index (χ4n) is 2.65. The summed E-state index contributed by atoms with van der Waals surface area (Å²) in [4.78, 5) is 2.39. The van der Waals surface area contributed by atoms with Gasteiger partial charge in [-0.15, -0.1) is 0 Å². The van der Waals surface area contributed by atoms with Crippen LogP contribution in [0.5, 0.6) is 0 Å². The van der Waals surface area contributed by atoms with Gasteiger partial charge in [-0.05, 0) is 58.2 Å². The molecule has 0 atom stereocenters. The molecule has 3 heteroatoms. The van der Waals surface area contributed by atoms with E-state index in [4.69, 9.17) is 4.74 Å². The molecule has 0 saturated heterocycles. The minimum Gasteiger partial charge on any atom is -0.380 e. The standard InChI is InChI=1S/C15H30N2O/c1-17(11-12-18-13-14-7-8-14)10-4-9-16-15-5-2-3-6-15/h14-16H,2-13H2,1H3. The second kappa shape index (κ2) is 8.13. The third-order valence-corrected chi connectivity index (χ3v) is 4.17. The Kier molecular flexibility index (Phi) is 6.46. The van der Waals surface area contributed by atoms with Gasteiger partial charge in [0.25, 0.3) is 0 Å². The third-order valence-electron chi connectivity index (χ3n) is 4.17. The number of hydrogen-bond acceptors (Lipinski definition) is 3. The van der Waals surface area contributed by atoms with Crippen molar-refractivity contribution in [2.24, 2.45) is 5.92 Å². The molecule has 0 radical (unpaired) electrons. The molecule has 0 bridgehead atoms. The van der Waals surface area contributed by atoms with E-state index in [1.165, 1.54) is 58.0 Å². The molecule has 0 heterocycles. The highest BCUT2D eigenvalue weighted by molar-refractivity contribution is 4.73. The van der Waals surface area contributed by atoms with Crippen LogP contribution in [0.3, 0.4) is 0 Å². The van der Waals surface area contributed by atoms with E-state index in [0.717, 1.165) is 31.7 Å². The Morgan fingerprint density at radius 2 is 1.89 bits per heavy atom. The van der Waals surface area contributed by atoms with Crippen LogP contribution in [0, 0.1) is 5.92 Å². The Balaban J connectivity index is 1.35. The molecule has 2 aliphatic carbocycles. The van der Waals surface area contributed by atoms with Crippen LogP contribution in [0.15, 0.2) is 0 Å². The van der Waals surface area contributed by atoms with Crippen molar-refractivity contribution in [1.82, 2.24) is 10.2 Å². The van der Waals surface area contributed by atoms with E-state index in [1.54, 1.807) is 0 Å². The van der Waals surface area contributed by atoms with Gasteiger partial charge in [0.1, 0.15) is 0 Å². The van der Waals surface area contributed by atoms with Crippen molar-refractivity contribution in [3.63, 3.8) is 0 Å². The Hall–Kier alpha value is -0.120. The molecule has 3 nitrogen and oxygen atoms in total. The number of rotatable bonds is 10. The highest BCUT2D eigenvalue weighted by Gasteiger charge is 2.20. The van der Waals surface area contributed by atoms with Gasteiger partial charge in [-0.3, -0.25) is 0 Å². The summed E-state index contributed by atoms with van der Waals surface area (Å²) in [5, 5.41) is 3.67. The monoisotopic (exact) mass is 254 g/mol. The van der Waals surface area contributed by atoms with Crippen LogP contribution in [0.4, 0.5) is 0 Å². The third kappa shape index (κ3) is 6.17. The largest absolute Gasteiger partial charge is 0.380 e. The first-order valence-electron chi connectivity index (χ1n) is 7.84. The summed E-state index contributed by atoms with van der Waals surface area (Å²) in [7, 11) is 2.20. The molecule has 0 amide bonds. The highest BCUT2D eigenvalue weighted by atomic mass is 16.5. The van der Waals surface area contributed by atoms with E-state index in [9.17, 15) is 0 Å². The van der Waals surface area contributed by atoms with Crippen molar-refractivity contribution in [1.29, 1.82) is 0 Å². The first kappa shape index (κ1) is 14.3. The summed E-state index contributed by atoms with van der Waals surface area (Å²) in [6.45, 7) is 5.35. The van der Waals surface area contributed by atoms with Gasteiger partial charge in [0.15, 0.2) is 0 Å². The van der Waals surface area contributed by atoms with Crippen molar-refractivity contribution in [3.05, 3.63) is 0 Å². The van der Waals surface area contributed by atoms with Gasteiger partial charge in [0.05, 0.1) is 6.61 Å². The minimum absolute atomic E-state index is 0.817. The summed E-state index contributed by atoms with van der Waals surface area (Å²) in [6.07, 6.45) is 9.68.